The Morgan fingerprint density at radius 1 is 1.26 bits per heavy atom. The number of hydrogen-bond acceptors (Lipinski definition) is 2. The van der Waals surface area contributed by atoms with Crippen LogP contribution in [0.15, 0.2) is 24.4 Å². The van der Waals surface area contributed by atoms with Crippen LogP contribution in [-0.4, -0.2) is 9.78 Å². The number of benzene rings is 1. The highest BCUT2D eigenvalue weighted by atomic mass is 35.5. The number of nitrogens with zero attached hydrogens (tertiary/aromatic N) is 2. The lowest BCUT2D eigenvalue weighted by atomic mass is 10.0. The van der Waals surface area contributed by atoms with Crippen LogP contribution in [0.2, 0.25) is 15.1 Å². The quantitative estimate of drug-likeness (QED) is 0.913. The lowest BCUT2D eigenvalue weighted by Gasteiger charge is -2.16. The van der Waals surface area contributed by atoms with Crippen LogP contribution >= 0.6 is 34.8 Å². The molecule has 2 aromatic rings. The number of hydrogen-bond donors (Lipinski definition) is 1. The summed E-state index contributed by atoms with van der Waals surface area (Å²) in [5.41, 5.74) is 7.82. The number of rotatable bonds is 4. The molecule has 0 aliphatic carbocycles. The molecule has 0 fully saturated rings. The zero-order valence-corrected chi connectivity index (χ0v) is 12.7. The molecule has 1 atom stereocenters. The Labute approximate surface area is 127 Å². The van der Waals surface area contributed by atoms with Crippen molar-refractivity contribution < 1.29 is 0 Å². The van der Waals surface area contributed by atoms with E-state index in [-0.39, 0.29) is 0 Å². The molecule has 0 radical (unpaired) electrons. The van der Waals surface area contributed by atoms with Crippen LogP contribution in [0.3, 0.4) is 0 Å². The van der Waals surface area contributed by atoms with Gasteiger partial charge >= 0.3 is 0 Å². The van der Waals surface area contributed by atoms with Crippen LogP contribution in [0.25, 0.3) is 0 Å². The second-order valence-electron chi connectivity index (χ2n) is 4.24. The zero-order chi connectivity index (χ0) is 14.0. The largest absolute Gasteiger partial charge is 0.319 e. The molecule has 6 heteroatoms. The van der Waals surface area contributed by atoms with Crippen LogP contribution in [0.4, 0.5) is 0 Å². The van der Waals surface area contributed by atoms with Gasteiger partial charge in [0.05, 0.1) is 23.0 Å². The first-order valence-corrected chi connectivity index (χ1v) is 7.09. The Balaban J connectivity index is 2.43. The Hall–Kier alpha value is -0.740. The first-order valence-electron chi connectivity index (χ1n) is 5.96. The van der Waals surface area contributed by atoms with Crippen molar-refractivity contribution in [3.8, 4) is 0 Å². The van der Waals surface area contributed by atoms with E-state index in [9.17, 15) is 0 Å². The van der Waals surface area contributed by atoms with Crippen molar-refractivity contribution in [2.24, 2.45) is 5.73 Å². The predicted octanol–water partition coefficient (Wildman–Crippen LogP) is 4.30. The van der Waals surface area contributed by atoms with Crippen molar-refractivity contribution in [3.63, 3.8) is 0 Å². The molecule has 0 saturated heterocycles. The highest BCUT2D eigenvalue weighted by Gasteiger charge is 2.20. The second kappa shape index (κ2) is 6.14. The molecule has 1 aromatic heterocycles. The molecule has 2 rings (SSSR count). The molecule has 0 bridgehead atoms. The smallest absolute Gasteiger partial charge is 0.0837 e. The van der Waals surface area contributed by atoms with E-state index in [1.165, 1.54) is 0 Å². The molecule has 102 valence electrons. The number of aromatic nitrogens is 2. The van der Waals surface area contributed by atoms with E-state index in [0.29, 0.717) is 15.1 Å². The van der Waals surface area contributed by atoms with Gasteiger partial charge in [-0.25, -0.2) is 0 Å². The lowest BCUT2D eigenvalue weighted by Crippen LogP contribution is -2.18. The van der Waals surface area contributed by atoms with Crippen molar-refractivity contribution in [3.05, 3.63) is 50.7 Å². The van der Waals surface area contributed by atoms with E-state index in [2.05, 4.69) is 12.0 Å². The second-order valence-corrected chi connectivity index (χ2v) is 5.50. The van der Waals surface area contributed by atoms with Crippen molar-refractivity contribution in [1.29, 1.82) is 0 Å². The molecular weight excluding hydrogens is 305 g/mol. The van der Waals surface area contributed by atoms with Crippen LogP contribution < -0.4 is 5.73 Å². The Morgan fingerprint density at radius 3 is 2.63 bits per heavy atom. The molecule has 0 aliphatic heterocycles. The number of nitrogens with two attached hydrogens (primary N) is 1. The van der Waals surface area contributed by atoms with Crippen molar-refractivity contribution in [1.82, 2.24) is 9.78 Å². The molecule has 0 spiro atoms. The predicted molar refractivity (Wildman–Crippen MR) is 80.0 cm³/mol. The van der Waals surface area contributed by atoms with Gasteiger partial charge in [0.15, 0.2) is 0 Å². The minimum atomic E-state index is -0.425. The standard InChI is InChI=1S/C13H14Cl3N3/c1-2-5-19-13(11(16)7-18-19)12(17)9-4-3-8(14)6-10(9)15/h3-4,6-7,12H,2,5,17H2,1H3. The van der Waals surface area contributed by atoms with E-state index in [0.717, 1.165) is 24.2 Å². The van der Waals surface area contributed by atoms with Crippen LogP contribution in [0.5, 0.6) is 0 Å². The summed E-state index contributed by atoms with van der Waals surface area (Å²) in [5.74, 6) is 0. The summed E-state index contributed by atoms with van der Waals surface area (Å²) < 4.78 is 1.82. The minimum Gasteiger partial charge on any atom is -0.319 e. The molecule has 0 aliphatic rings. The van der Waals surface area contributed by atoms with Crippen LogP contribution in [0, 0.1) is 0 Å². The van der Waals surface area contributed by atoms with Gasteiger partial charge in [0.2, 0.25) is 0 Å². The van der Waals surface area contributed by atoms with Crippen LogP contribution in [-0.2, 0) is 6.54 Å². The zero-order valence-electron chi connectivity index (χ0n) is 10.4. The van der Waals surface area contributed by atoms with Gasteiger partial charge in [-0.2, -0.15) is 5.10 Å². The molecule has 3 nitrogen and oxygen atoms in total. The summed E-state index contributed by atoms with van der Waals surface area (Å²) in [6, 6.07) is 4.82. The van der Waals surface area contributed by atoms with Gasteiger partial charge in [-0.1, -0.05) is 47.8 Å². The van der Waals surface area contributed by atoms with E-state index in [4.69, 9.17) is 40.5 Å². The summed E-state index contributed by atoms with van der Waals surface area (Å²) in [6.07, 6.45) is 2.56. The van der Waals surface area contributed by atoms with E-state index >= 15 is 0 Å². The third-order valence-corrected chi connectivity index (χ3v) is 3.71. The summed E-state index contributed by atoms with van der Waals surface area (Å²) in [4.78, 5) is 0. The average molecular weight is 319 g/mol. The van der Waals surface area contributed by atoms with Crippen molar-refractivity contribution in [2.45, 2.75) is 25.9 Å². The average Bonchev–Trinajstić information content (AvgIpc) is 2.70. The fourth-order valence-corrected chi connectivity index (χ4v) is 2.76. The maximum atomic E-state index is 6.27. The SMILES string of the molecule is CCCn1ncc(Cl)c1C(N)c1ccc(Cl)cc1Cl. The van der Waals surface area contributed by atoms with Crippen molar-refractivity contribution in [2.75, 3.05) is 0 Å². The minimum absolute atomic E-state index is 0.425. The Kier molecular flexibility index (Phi) is 4.74. The van der Waals surface area contributed by atoms with Gasteiger partial charge in [0.25, 0.3) is 0 Å². The van der Waals surface area contributed by atoms with Crippen molar-refractivity contribution >= 4 is 34.8 Å². The molecule has 0 amide bonds. The highest BCUT2D eigenvalue weighted by molar-refractivity contribution is 6.35. The molecule has 19 heavy (non-hydrogen) atoms. The lowest BCUT2D eigenvalue weighted by molar-refractivity contribution is 0.560. The van der Waals surface area contributed by atoms with Crippen LogP contribution in [0.1, 0.15) is 30.6 Å². The molecule has 1 heterocycles. The van der Waals surface area contributed by atoms with Gasteiger partial charge in [0, 0.05) is 16.6 Å². The first-order chi connectivity index (χ1) is 9.04. The van der Waals surface area contributed by atoms with Gasteiger partial charge in [-0.3, -0.25) is 4.68 Å². The monoisotopic (exact) mass is 317 g/mol. The molecule has 0 saturated carbocycles. The first kappa shape index (κ1) is 14.7. The molecular formula is C13H14Cl3N3. The molecule has 1 aromatic carbocycles. The van der Waals surface area contributed by atoms with Gasteiger partial charge in [-0.05, 0) is 24.1 Å². The van der Waals surface area contributed by atoms with E-state index in [1.54, 1.807) is 18.3 Å². The summed E-state index contributed by atoms with van der Waals surface area (Å²) >= 11 is 18.3. The summed E-state index contributed by atoms with van der Waals surface area (Å²) in [7, 11) is 0. The molecule has 2 N–H and O–H groups in total. The Morgan fingerprint density at radius 2 is 2.00 bits per heavy atom. The van der Waals surface area contributed by atoms with E-state index in [1.807, 2.05) is 10.7 Å². The highest BCUT2D eigenvalue weighted by Crippen LogP contribution is 2.32. The number of halogens is 3. The third kappa shape index (κ3) is 3.06. The fourth-order valence-electron chi connectivity index (χ4n) is 1.97. The summed E-state index contributed by atoms with van der Waals surface area (Å²) in [5, 5.41) is 5.89. The third-order valence-electron chi connectivity index (χ3n) is 2.86. The topological polar surface area (TPSA) is 43.8 Å². The van der Waals surface area contributed by atoms with E-state index < -0.39 is 6.04 Å². The maximum Gasteiger partial charge on any atom is 0.0837 e. The summed E-state index contributed by atoms with van der Waals surface area (Å²) in [6.45, 7) is 2.83. The van der Waals surface area contributed by atoms with Gasteiger partial charge < -0.3 is 5.73 Å². The maximum absolute atomic E-state index is 6.27. The van der Waals surface area contributed by atoms with Gasteiger partial charge in [0.1, 0.15) is 0 Å². The Bertz CT molecular complexity index is 581. The normalized spacial score (nSPS) is 12.7. The van der Waals surface area contributed by atoms with Gasteiger partial charge in [-0.15, -0.1) is 0 Å². The molecule has 1 unspecified atom stereocenters. The number of aryl methyl sites for hydroxylation is 1. The fraction of sp³-hybridized carbons (Fsp3) is 0.308.